The fourth-order valence-electron chi connectivity index (χ4n) is 2.47. The van der Waals surface area contributed by atoms with Crippen molar-refractivity contribution >= 4 is 5.91 Å². The third-order valence-corrected chi connectivity index (χ3v) is 3.76. The van der Waals surface area contributed by atoms with Gasteiger partial charge in [-0.1, -0.05) is 12.1 Å². The lowest BCUT2D eigenvalue weighted by Crippen LogP contribution is -2.18. The van der Waals surface area contributed by atoms with Crippen molar-refractivity contribution in [3.05, 3.63) is 47.7 Å². The van der Waals surface area contributed by atoms with E-state index >= 15 is 0 Å². The number of aromatic nitrogens is 1. The molecular formula is C17H22N2O4. The molecule has 0 fully saturated rings. The minimum atomic E-state index is -0.463. The van der Waals surface area contributed by atoms with Crippen molar-refractivity contribution in [3.8, 4) is 11.6 Å². The number of ether oxygens (including phenoxy) is 1. The van der Waals surface area contributed by atoms with E-state index < -0.39 is 5.91 Å². The number of hydrogen-bond acceptors (Lipinski definition) is 4. The van der Waals surface area contributed by atoms with E-state index in [1.54, 1.807) is 23.2 Å². The number of carbonyl (C=O) groups is 1. The van der Waals surface area contributed by atoms with Crippen LogP contribution in [0.25, 0.3) is 0 Å². The average Bonchev–Trinajstić information content (AvgIpc) is 2.93. The number of benzene rings is 1. The molecule has 1 amide bonds. The van der Waals surface area contributed by atoms with Gasteiger partial charge in [0.05, 0.1) is 7.11 Å². The topological polar surface area (TPSA) is 83.7 Å². The maximum Gasteiger partial charge on any atom is 0.243 e. The van der Waals surface area contributed by atoms with E-state index in [0.717, 1.165) is 18.6 Å². The van der Waals surface area contributed by atoms with Gasteiger partial charge in [0, 0.05) is 24.7 Å². The molecule has 3 N–H and O–H groups in total. The Morgan fingerprint density at radius 1 is 1.30 bits per heavy atom. The molecule has 1 aromatic heterocycles. The van der Waals surface area contributed by atoms with Crippen LogP contribution in [0.1, 0.15) is 24.0 Å². The lowest BCUT2D eigenvalue weighted by atomic mass is 10.1. The van der Waals surface area contributed by atoms with E-state index in [4.69, 9.17) is 9.94 Å². The molecule has 0 radical (unpaired) electrons. The van der Waals surface area contributed by atoms with Crippen molar-refractivity contribution in [2.45, 2.75) is 32.2 Å². The summed E-state index contributed by atoms with van der Waals surface area (Å²) in [6.07, 6.45) is 4.11. The Kier molecular flexibility index (Phi) is 6.05. The fourth-order valence-corrected chi connectivity index (χ4v) is 2.47. The van der Waals surface area contributed by atoms with Crippen LogP contribution < -0.4 is 10.2 Å². The van der Waals surface area contributed by atoms with Gasteiger partial charge in [0.25, 0.3) is 0 Å². The van der Waals surface area contributed by atoms with Gasteiger partial charge in [0.2, 0.25) is 5.91 Å². The van der Waals surface area contributed by atoms with Crippen LogP contribution in [-0.4, -0.2) is 27.9 Å². The van der Waals surface area contributed by atoms with Gasteiger partial charge in [-0.2, -0.15) is 0 Å². The predicted molar refractivity (Wildman–Crippen MR) is 85.7 cm³/mol. The van der Waals surface area contributed by atoms with Crippen LogP contribution in [0.3, 0.4) is 0 Å². The highest BCUT2D eigenvalue weighted by atomic mass is 16.5. The predicted octanol–water partition coefficient (Wildman–Crippen LogP) is 2.27. The highest BCUT2D eigenvalue weighted by molar-refractivity contribution is 5.74. The molecule has 0 saturated carbocycles. The molecule has 0 aliphatic heterocycles. The molecule has 1 heterocycles. The zero-order chi connectivity index (χ0) is 16.7. The molecule has 0 bridgehead atoms. The van der Waals surface area contributed by atoms with E-state index in [-0.39, 0.29) is 12.3 Å². The number of carbonyl (C=O) groups excluding carboxylic acids is 1. The molecule has 0 atom stereocenters. The fraction of sp³-hybridized carbons (Fsp3) is 0.353. The summed E-state index contributed by atoms with van der Waals surface area (Å²) in [4.78, 5) is 11.0. The van der Waals surface area contributed by atoms with Gasteiger partial charge >= 0.3 is 0 Å². The van der Waals surface area contributed by atoms with Crippen molar-refractivity contribution in [3.63, 3.8) is 0 Å². The number of hydroxylamine groups is 1. The minimum absolute atomic E-state index is 0.137. The zero-order valence-corrected chi connectivity index (χ0v) is 13.2. The molecule has 2 rings (SSSR count). The van der Waals surface area contributed by atoms with Crippen molar-refractivity contribution in [1.82, 2.24) is 10.0 Å². The maximum atomic E-state index is 11.0. The Morgan fingerprint density at radius 2 is 2.13 bits per heavy atom. The lowest BCUT2D eigenvalue weighted by molar-refractivity contribution is -0.129. The summed E-state index contributed by atoms with van der Waals surface area (Å²) in [5.74, 6) is 0.562. The summed E-state index contributed by atoms with van der Waals surface area (Å²) in [7, 11) is 1.65. The first-order valence-electron chi connectivity index (χ1n) is 7.57. The van der Waals surface area contributed by atoms with Gasteiger partial charge < -0.3 is 14.4 Å². The van der Waals surface area contributed by atoms with Crippen LogP contribution in [0, 0.1) is 0 Å². The number of aromatic hydroxyl groups is 1. The number of rotatable bonds is 8. The van der Waals surface area contributed by atoms with Gasteiger partial charge in [-0.05, 0) is 43.0 Å². The van der Waals surface area contributed by atoms with Crippen LogP contribution in [0.15, 0.2) is 36.5 Å². The molecule has 0 aliphatic carbocycles. The van der Waals surface area contributed by atoms with Crippen molar-refractivity contribution in [2.75, 3.05) is 7.11 Å². The van der Waals surface area contributed by atoms with Crippen LogP contribution in [0.2, 0.25) is 0 Å². The van der Waals surface area contributed by atoms with E-state index in [2.05, 4.69) is 6.07 Å². The summed E-state index contributed by atoms with van der Waals surface area (Å²) in [5, 5.41) is 18.6. The Morgan fingerprint density at radius 3 is 2.87 bits per heavy atom. The highest BCUT2D eigenvalue weighted by Crippen LogP contribution is 2.21. The largest absolute Gasteiger partial charge is 0.497 e. The highest BCUT2D eigenvalue weighted by Gasteiger charge is 2.09. The summed E-state index contributed by atoms with van der Waals surface area (Å²) < 4.78 is 6.97. The Bertz CT molecular complexity index is 652. The first-order chi connectivity index (χ1) is 11.1. The van der Waals surface area contributed by atoms with Gasteiger partial charge in [0.15, 0.2) is 5.88 Å². The maximum absolute atomic E-state index is 11.0. The molecule has 124 valence electrons. The van der Waals surface area contributed by atoms with Gasteiger partial charge in [0.1, 0.15) is 5.75 Å². The quantitative estimate of drug-likeness (QED) is 0.515. The van der Waals surface area contributed by atoms with E-state index in [1.807, 2.05) is 24.4 Å². The Hall–Kier alpha value is -2.47. The van der Waals surface area contributed by atoms with Crippen LogP contribution >= 0.6 is 0 Å². The van der Waals surface area contributed by atoms with Crippen LogP contribution in [-0.2, 0) is 24.2 Å². The van der Waals surface area contributed by atoms with E-state index in [0.29, 0.717) is 18.5 Å². The third-order valence-electron chi connectivity index (χ3n) is 3.76. The molecule has 6 nitrogen and oxygen atoms in total. The van der Waals surface area contributed by atoms with Gasteiger partial charge in [-0.15, -0.1) is 0 Å². The second-order valence-corrected chi connectivity index (χ2v) is 5.35. The second-order valence-electron chi connectivity index (χ2n) is 5.35. The van der Waals surface area contributed by atoms with Gasteiger partial charge in [-0.3, -0.25) is 10.0 Å². The number of aryl methyl sites for hydroxylation is 3. The molecule has 1 aromatic carbocycles. The van der Waals surface area contributed by atoms with Crippen molar-refractivity contribution < 1.29 is 19.8 Å². The number of hydrogen-bond donors (Lipinski definition) is 3. The molecule has 6 heteroatoms. The number of nitrogens with zero attached hydrogens (tertiary/aromatic N) is 1. The average molecular weight is 318 g/mol. The molecule has 2 aromatic rings. The Labute approximate surface area is 135 Å². The second kappa shape index (κ2) is 8.24. The minimum Gasteiger partial charge on any atom is -0.497 e. The monoisotopic (exact) mass is 318 g/mol. The standard InChI is InChI=1S/C17H22N2O4/c1-23-15-6-2-4-13(12-15)5-3-10-19-11-9-14(17(19)21)7-8-16(20)18-22/h2,4,6,9,11-12,21-22H,3,5,7-8,10H2,1H3,(H,18,20). The first kappa shape index (κ1) is 16.9. The van der Waals surface area contributed by atoms with E-state index in [9.17, 15) is 9.90 Å². The number of methoxy groups -OCH3 is 1. The van der Waals surface area contributed by atoms with Crippen LogP contribution in [0.5, 0.6) is 11.6 Å². The Balaban J connectivity index is 1.86. The molecule has 0 saturated heterocycles. The number of amides is 1. The first-order valence-corrected chi connectivity index (χ1v) is 7.57. The van der Waals surface area contributed by atoms with Crippen LogP contribution in [0.4, 0.5) is 0 Å². The summed E-state index contributed by atoms with van der Waals surface area (Å²) in [6, 6.07) is 9.73. The zero-order valence-electron chi connectivity index (χ0n) is 13.2. The lowest BCUT2D eigenvalue weighted by Gasteiger charge is -2.07. The number of nitrogens with one attached hydrogen (secondary N) is 1. The molecule has 0 unspecified atom stereocenters. The summed E-state index contributed by atoms with van der Waals surface area (Å²) in [6.45, 7) is 0.690. The summed E-state index contributed by atoms with van der Waals surface area (Å²) >= 11 is 0. The molecule has 0 aliphatic rings. The van der Waals surface area contributed by atoms with Crippen molar-refractivity contribution in [2.24, 2.45) is 0 Å². The molecular weight excluding hydrogens is 296 g/mol. The van der Waals surface area contributed by atoms with E-state index in [1.165, 1.54) is 5.56 Å². The smallest absolute Gasteiger partial charge is 0.243 e. The molecule has 23 heavy (non-hydrogen) atoms. The SMILES string of the molecule is COc1cccc(CCCn2ccc(CCC(=O)NO)c2O)c1. The third kappa shape index (κ3) is 4.75. The van der Waals surface area contributed by atoms with Crippen molar-refractivity contribution in [1.29, 1.82) is 0 Å². The molecule has 0 spiro atoms. The normalized spacial score (nSPS) is 10.5. The summed E-state index contributed by atoms with van der Waals surface area (Å²) in [5.41, 5.74) is 3.48. The van der Waals surface area contributed by atoms with Gasteiger partial charge in [-0.25, -0.2) is 5.48 Å².